The third-order valence-electron chi connectivity index (χ3n) is 2.64. The van der Waals surface area contributed by atoms with Crippen LogP contribution in [-0.2, 0) is 0 Å². The molecule has 0 fully saturated rings. The van der Waals surface area contributed by atoms with Crippen molar-refractivity contribution in [2.24, 2.45) is 0 Å². The van der Waals surface area contributed by atoms with Gasteiger partial charge in [0.05, 0.1) is 11.8 Å². The van der Waals surface area contributed by atoms with Gasteiger partial charge in [-0.2, -0.15) is 0 Å². The second-order valence-corrected chi connectivity index (χ2v) is 4.05. The van der Waals surface area contributed by atoms with E-state index in [9.17, 15) is 4.39 Å². The SMILES string of the molecule is Fc1ccc(-c2c[nH]c3c(=S)nc[nH]c23)cc1. The van der Waals surface area contributed by atoms with Gasteiger partial charge in [-0.3, -0.25) is 0 Å². The number of aromatic amines is 2. The van der Waals surface area contributed by atoms with Gasteiger partial charge in [0, 0.05) is 11.8 Å². The van der Waals surface area contributed by atoms with Crippen LogP contribution >= 0.6 is 12.2 Å². The maximum Gasteiger partial charge on any atom is 0.153 e. The van der Waals surface area contributed by atoms with E-state index in [1.165, 1.54) is 12.1 Å². The second-order valence-electron chi connectivity index (χ2n) is 3.67. The molecule has 0 saturated heterocycles. The van der Waals surface area contributed by atoms with Crippen LogP contribution in [-0.4, -0.2) is 15.0 Å². The lowest BCUT2D eigenvalue weighted by Crippen LogP contribution is -1.82. The minimum atomic E-state index is -0.247. The number of nitrogens with zero attached hydrogens (tertiary/aromatic N) is 1. The summed E-state index contributed by atoms with van der Waals surface area (Å²) in [6, 6.07) is 6.33. The number of nitrogens with one attached hydrogen (secondary N) is 2. The van der Waals surface area contributed by atoms with Crippen molar-refractivity contribution < 1.29 is 4.39 Å². The molecule has 0 radical (unpaired) electrons. The summed E-state index contributed by atoms with van der Waals surface area (Å²) in [5, 5.41) is 0. The summed E-state index contributed by atoms with van der Waals surface area (Å²) in [5.41, 5.74) is 3.56. The summed E-state index contributed by atoms with van der Waals surface area (Å²) in [5.74, 6) is -0.247. The predicted octanol–water partition coefficient (Wildman–Crippen LogP) is 3.43. The van der Waals surface area contributed by atoms with Gasteiger partial charge in [0.2, 0.25) is 0 Å². The monoisotopic (exact) mass is 245 g/mol. The molecule has 2 N–H and O–H groups in total. The van der Waals surface area contributed by atoms with Crippen LogP contribution in [0.1, 0.15) is 0 Å². The standard InChI is InChI=1S/C12H8FN3S/c13-8-3-1-7(2-4-8)9-5-14-11-10(9)15-6-16-12(11)17/h1-6,14H,(H,15,16,17). The molecule has 0 spiro atoms. The van der Waals surface area contributed by atoms with E-state index in [0.29, 0.717) is 4.64 Å². The van der Waals surface area contributed by atoms with Crippen molar-refractivity contribution >= 4 is 23.3 Å². The lowest BCUT2D eigenvalue weighted by Gasteiger charge is -1.99. The fourth-order valence-corrected chi connectivity index (χ4v) is 2.03. The highest BCUT2D eigenvalue weighted by Gasteiger charge is 2.07. The fraction of sp³-hybridized carbons (Fsp3) is 0. The molecular weight excluding hydrogens is 237 g/mol. The van der Waals surface area contributed by atoms with Gasteiger partial charge in [0.25, 0.3) is 0 Å². The van der Waals surface area contributed by atoms with Crippen LogP contribution in [0, 0.1) is 10.5 Å². The molecule has 2 aromatic heterocycles. The largest absolute Gasteiger partial charge is 0.357 e. The predicted molar refractivity (Wildman–Crippen MR) is 66.7 cm³/mol. The Labute approximate surface area is 101 Å². The van der Waals surface area contributed by atoms with Crippen molar-refractivity contribution in [2.45, 2.75) is 0 Å². The van der Waals surface area contributed by atoms with E-state index in [-0.39, 0.29) is 5.82 Å². The summed E-state index contributed by atoms with van der Waals surface area (Å²) in [4.78, 5) is 10.1. The Morgan fingerprint density at radius 3 is 2.59 bits per heavy atom. The molecule has 2 heterocycles. The van der Waals surface area contributed by atoms with Gasteiger partial charge in [-0.1, -0.05) is 24.4 Å². The Kier molecular flexibility index (Phi) is 2.26. The van der Waals surface area contributed by atoms with Crippen LogP contribution in [0.4, 0.5) is 4.39 Å². The molecule has 3 rings (SSSR count). The summed E-state index contributed by atoms with van der Waals surface area (Å²) < 4.78 is 13.4. The van der Waals surface area contributed by atoms with E-state index in [2.05, 4.69) is 15.0 Å². The molecule has 0 bridgehead atoms. The molecule has 17 heavy (non-hydrogen) atoms. The van der Waals surface area contributed by atoms with Crippen molar-refractivity contribution in [3.05, 3.63) is 47.2 Å². The Morgan fingerprint density at radius 2 is 1.82 bits per heavy atom. The van der Waals surface area contributed by atoms with Crippen LogP contribution < -0.4 is 0 Å². The first kappa shape index (κ1) is 10.2. The van der Waals surface area contributed by atoms with Crippen LogP contribution in [0.2, 0.25) is 0 Å². The van der Waals surface area contributed by atoms with E-state index in [0.717, 1.165) is 22.2 Å². The molecule has 1 aromatic carbocycles. The van der Waals surface area contributed by atoms with E-state index in [4.69, 9.17) is 12.2 Å². The number of benzene rings is 1. The minimum Gasteiger partial charge on any atom is -0.357 e. The van der Waals surface area contributed by atoms with Crippen molar-refractivity contribution in [3.63, 3.8) is 0 Å². The highest BCUT2D eigenvalue weighted by atomic mass is 32.1. The number of rotatable bonds is 1. The fourth-order valence-electron chi connectivity index (χ4n) is 1.82. The van der Waals surface area contributed by atoms with Gasteiger partial charge < -0.3 is 9.97 Å². The second kappa shape index (κ2) is 3.78. The van der Waals surface area contributed by atoms with Crippen molar-refractivity contribution in [1.82, 2.24) is 15.0 Å². The molecule has 5 heteroatoms. The van der Waals surface area contributed by atoms with Crippen molar-refractivity contribution in [3.8, 4) is 11.1 Å². The molecule has 3 aromatic rings. The van der Waals surface area contributed by atoms with E-state index in [1.807, 2.05) is 6.20 Å². The van der Waals surface area contributed by atoms with Gasteiger partial charge in [0.1, 0.15) is 11.3 Å². The van der Waals surface area contributed by atoms with Crippen LogP contribution in [0.3, 0.4) is 0 Å². The summed E-state index contributed by atoms with van der Waals surface area (Å²) in [6.07, 6.45) is 3.40. The van der Waals surface area contributed by atoms with Crippen molar-refractivity contribution in [2.75, 3.05) is 0 Å². The summed E-state index contributed by atoms with van der Waals surface area (Å²) in [6.45, 7) is 0. The first-order valence-electron chi connectivity index (χ1n) is 5.06. The average molecular weight is 245 g/mol. The number of hydrogen-bond acceptors (Lipinski definition) is 2. The molecule has 0 unspecified atom stereocenters. The lowest BCUT2D eigenvalue weighted by atomic mass is 10.1. The maximum absolute atomic E-state index is 12.9. The van der Waals surface area contributed by atoms with Crippen LogP contribution in [0.25, 0.3) is 22.2 Å². The van der Waals surface area contributed by atoms with E-state index in [1.54, 1.807) is 18.5 Å². The number of halogens is 1. The first-order chi connectivity index (χ1) is 8.25. The van der Waals surface area contributed by atoms with Crippen molar-refractivity contribution in [1.29, 1.82) is 0 Å². The Balaban J connectivity index is 2.28. The normalized spacial score (nSPS) is 10.9. The molecule has 0 amide bonds. The van der Waals surface area contributed by atoms with Crippen LogP contribution in [0.5, 0.6) is 0 Å². The number of H-pyrrole nitrogens is 2. The van der Waals surface area contributed by atoms with E-state index < -0.39 is 0 Å². The molecule has 0 atom stereocenters. The average Bonchev–Trinajstić information content (AvgIpc) is 2.75. The van der Waals surface area contributed by atoms with Crippen LogP contribution in [0.15, 0.2) is 36.8 Å². The number of hydrogen-bond donors (Lipinski definition) is 2. The third-order valence-corrected chi connectivity index (χ3v) is 2.95. The smallest absolute Gasteiger partial charge is 0.153 e. The van der Waals surface area contributed by atoms with Gasteiger partial charge in [0.15, 0.2) is 4.64 Å². The molecular formula is C12H8FN3S. The van der Waals surface area contributed by atoms with Gasteiger partial charge in [-0.25, -0.2) is 9.37 Å². The maximum atomic E-state index is 12.9. The minimum absolute atomic E-state index is 0.247. The third kappa shape index (κ3) is 1.64. The highest BCUT2D eigenvalue weighted by molar-refractivity contribution is 7.71. The first-order valence-corrected chi connectivity index (χ1v) is 5.47. The highest BCUT2D eigenvalue weighted by Crippen LogP contribution is 2.26. The zero-order chi connectivity index (χ0) is 11.8. The topological polar surface area (TPSA) is 44.5 Å². The summed E-state index contributed by atoms with van der Waals surface area (Å²) in [7, 11) is 0. The number of fused-ring (bicyclic) bond motifs is 1. The molecule has 0 aliphatic rings. The quantitative estimate of drug-likeness (QED) is 0.645. The zero-order valence-electron chi connectivity index (χ0n) is 8.70. The van der Waals surface area contributed by atoms with Gasteiger partial charge in [-0.05, 0) is 17.7 Å². The lowest BCUT2D eigenvalue weighted by molar-refractivity contribution is 0.628. The Hall–Kier alpha value is -2.01. The van der Waals surface area contributed by atoms with E-state index >= 15 is 0 Å². The summed E-state index contributed by atoms with van der Waals surface area (Å²) >= 11 is 5.12. The molecule has 0 saturated carbocycles. The Morgan fingerprint density at radius 1 is 1.06 bits per heavy atom. The van der Waals surface area contributed by atoms with Gasteiger partial charge in [-0.15, -0.1) is 0 Å². The Bertz CT molecular complexity index is 727. The molecule has 0 aliphatic carbocycles. The van der Waals surface area contributed by atoms with Gasteiger partial charge >= 0.3 is 0 Å². The molecule has 3 nitrogen and oxygen atoms in total. The number of aromatic nitrogens is 3. The molecule has 84 valence electrons. The zero-order valence-corrected chi connectivity index (χ0v) is 9.51. The molecule has 0 aliphatic heterocycles.